The monoisotopic (exact) mass is 313 g/mol. The van der Waals surface area contributed by atoms with Crippen molar-refractivity contribution in [2.45, 2.75) is 37.8 Å². The van der Waals surface area contributed by atoms with Gasteiger partial charge in [0.05, 0.1) is 19.3 Å². The van der Waals surface area contributed by atoms with E-state index in [1.165, 1.54) is 6.20 Å². The predicted octanol–water partition coefficient (Wildman–Crippen LogP) is 1.83. The zero-order chi connectivity index (χ0) is 15.1. The zero-order valence-corrected chi connectivity index (χ0v) is 12.8. The largest absolute Gasteiger partial charge is 0.382 e. The number of hydrogen-bond donors (Lipinski definition) is 1. The molecular formula is C14H20ClN3O3. The Morgan fingerprint density at radius 2 is 2.14 bits per heavy atom. The molecule has 0 atom stereocenters. The Bertz CT molecular complexity index is 465. The first-order valence-corrected chi connectivity index (χ1v) is 7.47. The maximum atomic E-state index is 12.0. The Labute approximate surface area is 129 Å². The highest BCUT2D eigenvalue weighted by molar-refractivity contribution is 6.28. The second-order valence-corrected chi connectivity index (χ2v) is 5.36. The molecule has 2 rings (SSSR count). The van der Waals surface area contributed by atoms with Gasteiger partial charge in [0.2, 0.25) is 5.28 Å². The van der Waals surface area contributed by atoms with Crippen molar-refractivity contribution in [3.8, 4) is 0 Å². The molecule has 0 bridgehead atoms. The van der Waals surface area contributed by atoms with Crippen LogP contribution in [0, 0.1) is 0 Å². The average molecular weight is 314 g/mol. The number of carbonyl (C=O) groups excluding carboxylic acids is 1. The molecule has 0 saturated heterocycles. The van der Waals surface area contributed by atoms with E-state index in [0.29, 0.717) is 18.9 Å². The summed E-state index contributed by atoms with van der Waals surface area (Å²) in [4.78, 5) is 19.7. The first-order chi connectivity index (χ1) is 10.2. The van der Waals surface area contributed by atoms with Crippen LogP contribution in [0.5, 0.6) is 0 Å². The SMILES string of the molecule is COCCOC1CCC(NC(=O)c2ccnc(Cl)n2)CC1. The third-order valence-electron chi connectivity index (χ3n) is 3.51. The summed E-state index contributed by atoms with van der Waals surface area (Å²) >= 11 is 5.68. The molecule has 7 heteroatoms. The number of nitrogens with one attached hydrogen (secondary N) is 1. The van der Waals surface area contributed by atoms with Gasteiger partial charge in [0.15, 0.2) is 0 Å². The molecule has 1 aliphatic rings. The van der Waals surface area contributed by atoms with Crippen molar-refractivity contribution in [3.05, 3.63) is 23.2 Å². The van der Waals surface area contributed by atoms with E-state index in [1.807, 2.05) is 0 Å². The summed E-state index contributed by atoms with van der Waals surface area (Å²) in [6.07, 6.45) is 5.44. The van der Waals surface area contributed by atoms with Gasteiger partial charge < -0.3 is 14.8 Å². The lowest BCUT2D eigenvalue weighted by Crippen LogP contribution is -2.39. The van der Waals surface area contributed by atoms with Crippen LogP contribution in [-0.4, -0.2) is 48.3 Å². The van der Waals surface area contributed by atoms with Crippen molar-refractivity contribution in [2.24, 2.45) is 0 Å². The van der Waals surface area contributed by atoms with Gasteiger partial charge in [0.25, 0.3) is 5.91 Å². The Morgan fingerprint density at radius 1 is 1.38 bits per heavy atom. The molecule has 1 aromatic heterocycles. The van der Waals surface area contributed by atoms with Crippen LogP contribution >= 0.6 is 11.6 Å². The molecule has 1 N–H and O–H groups in total. The van der Waals surface area contributed by atoms with Gasteiger partial charge in [-0.25, -0.2) is 9.97 Å². The smallest absolute Gasteiger partial charge is 0.270 e. The number of amides is 1. The van der Waals surface area contributed by atoms with Gasteiger partial charge in [0, 0.05) is 19.3 Å². The number of hydrogen-bond acceptors (Lipinski definition) is 5. The summed E-state index contributed by atoms with van der Waals surface area (Å²) in [5.41, 5.74) is 0.300. The topological polar surface area (TPSA) is 73.3 Å². The van der Waals surface area contributed by atoms with Crippen molar-refractivity contribution in [1.29, 1.82) is 0 Å². The Morgan fingerprint density at radius 3 is 2.81 bits per heavy atom. The van der Waals surface area contributed by atoms with Crippen LogP contribution in [0.25, 0.3) is 0 Å². The second-order valence-electron chi connectivity index (χ2n) is 5.02. The Hall–Kier alpha value is -1.24. The molecule has 1 amide bonds. The fourth-order valence-electron chi connectivity index (χ4n) is 2.39. The van der Waals surface area contributed by atoms with E-state index < -0.39 is 0 Å². The lowest BCUT2D eigenvalue weighted by molar-refractivity contribution is -0.00409. The number of nitrogens with zero attached hydrogens (tertiary/aromatic N) is 2. The molecule has 116 valence electrons. The highest BCUT2D eigenvalue weighted by atomic mass is 35.5. The van der Waals surface area contributed by atoms with E-state index in [-0.39, 0.29) is 23.3 Å². The van der Waals surface area contributed by atoms with Crippen LogP contribution in [-0.2, 0) is 9.47 Å². The van der Waals surface area contributed by atoms with Gasteiger partial charge in [-0.05, 0) is 43.4 Å². The van der Waals surface area contributed by atoms with E-state index in [4.69, 9.17) is 21.1 Å². The van der Waals surface area contributed by atoms with Crippen molar-refractivity contribution in [3.63, 3.8) is 0 Å². The molecule has 0 aliphatic heterocycles. The van der Waals surface area contributed by atoms with E-state index in [0.717, 1.165) is 25.7 Å². The quantitative estimate of drug-likeness (QED) is 0.641. The fraction of sp³-hybridized carbons (Fsp3) is 0.643. The molecule has 1 saturated carbocycles. The van der Waals surface area contributed by atoms with Crippen LogP contribution in [0.1, 0.15) is 36.2 Å². The minimum atomic E-state index is -0.206. The first-order valence-electron chi connectivity index (χ1n) is 7.09. The lowest BCUT2D eigenvalue weighted by Gasteiger charge is -2.29. The van der Waals surface area contributed by atoms with Gasteiger partial charge in [-0.2, -0.15) is 0 Å². The van der Waals surface area contributed by atoms with Crippen LogP contribution in [0.2, 0.25) is 5.28 Å². The summed E-state index contributed by atoms with van der Waals surface area (Å²) in [5, 5.41) is 3.06. The molecule has 1 aromatic rings. The van der Waals surface area contributed by atoms with E-state index in [2.05, 4.69) is 15.3 Å². The van der Waals surface area contributed by atoms with Crippen LogP contribution in [0.15, 0.2) is 12.3 Å². The molecule has 21 heavy (non-hydrogen) atoms. The molecule has 1 heterocycles. The fourth-order valence-corrected chi connectivity index (χ4v) is 2.54. The maximum Gasteiger partial charge on any atom is 0.270 e. The summed E-state index contributed by atoms with van der Waals surface area (Å²) in [7, 11) is 1.66. The minimum Gasteiger partial charge on any atom is -0.382 e. The van der Waals surface area contributed by atoms with Crippen molar-refractivity contribution < 1.29 is 14.3 Å². The Balaban J connectivity index is 1.74. The number of aromatic nitrogens is 2. The summed E-state index contributed by atoms with van der Waals surface area (Å²) < 4.78 is 10.7. The highest BCUT2D eigenvalue weighted by Crippen LogP contribution is 2.21. The predicted molar refractivity (Wildman–Crippen MR) is 78.4 cm³/mol. The van der Waals surface area contributed by atoms with E-state index in [1.54, 1.807) is 13.2 Å². The molecule has 0 spiro atoms. The van der Waals surface area contributed by atoms with Gasteiger partial charge in [-0.15, -0.1) is 0 Å². The average Bonchev–Trinajstić information content (AvgIpc) is 2.49. The van der Waals surface area contributed by atoms with E-state index in [9.17, 15) is 4.79 Å². The summed E-state index contributed by atoms with van der Waals surface area (Å²) in [6.45, 7) is 1.24. The molecule has 1 aliphatic carbocycles. The van der Waals surface area contributed by atoms with Crippen molar-refractivity contribution >= 4 is 17.5 Å². The number of halogens is 1. The third kappa shape index (κ3) is 5.22. The number of methoxy groups -OCH3 is 1. The molecular weight excluding hydrogens is 294 g/mol. The number of carbonyl (C=O) groups is 1. The molecule has 6 nitrogen and oxygen atoms in total. The zero-order valence-electron chi connectivity index (χ0n) is 12.0. The normalized spacial score (nSPS) is 22.0. The number of ether oxygens (including phenoxy) is 2. The third-order valence-corrected chi connectivity index (χ3v) is 3.69. The molecule has 0 unspecified atom stereocenters. The van der Waals surface area contributed by atoms with Crippen molar-refractivity contribution in [2.75, 3.05) is 20.3 Å². The van der Waals surface area contributed by atoms with Gasteiger partial charge >= 0.3 is 0 Å². The summed E-state index contributed by atoms with van der Waals surface area (Å²) in [5.74, 6) is -0.206. The number of rotatable bonds is 6. The van der Waals surface area contributed by atoms with Crippen molar-refractivity contribution in [1.82, 2.24) is 15.3 Å². The molecule has 1 fully saturated rings. The van der Waals surface area contributed by atoms with Crippen LogP contribution in [0.3, 0.4) is 0 Å². The second kappa shape index (κ2) is 8.26. The van der Waals surface area contributed by atoms with Crippen LogP contribution in [0.4, 0.5) is 0 Å². The Kier molecular flexibility index (Phi) is 6.35. The first kappa shape index (κ1) is 16.1. The van der Waals surface area contributed by atoms with E-state index >= 15 is 0 Å². The van der Waals surface area contributed by atoms with Crippen LogP contribution < -0.4 is 5.32 Å². The summed E-state index contributed by atoms with van der Waals surface area (Å²) in [6, 6.07) is 1.72. The van der Waals surface area contributed by atoms with Gasteiger partial charge in [0.1, 0.15) is 5.69 Å². The molecule has 0 radical (unpaired) electrons. The minimum absolute atomic E-state index is 0.0814. The standard InChI is InChI=1S/C14H20ClN3O3/c1-20-8-9-21-11-4-2-10(3-5-11)17-13(19)12-6-7-16-14(15)18-12/h6-7,10-11H,2-5,8-9H2,1H3,(H,17,19). The lowest BCUT2D eigenvalue weighted by atomic mass is 9.93. The maximum absolute atomic E-state index is 12.0. The highest BCUT2D eigenvalue weighted by Gasteiger charge is 2.23. The molecule has 0 aromatic carbocycles. The van der Waals surface area contributed by atoms with Gasteiger partial charge in [-0.3, -0.25) is 4.79 Å². The van der Waals surface area contributed by atoms with Gasteiger partial charge in [-0.1, -0.05) is 0 Å².